The lowest BCUT2D eigenvalue weighted by Gasteiger charge is -2.03. The molecule has 0 saturated carbocycles. The number of nitrogens with zero attached hydrogens (tertiary/aromatic N) is 5. The average molecular weight is 268 g/mol. The van der Waals surface area contributed by atoms with Gasteiger partial charge in [-0.2, -0.15) is 0 Å². The minimum atomic E-state index is 0.683. The van der Waals surface area contributed by atoms with Crippen molar-refractivity contribution in [2.24, 2.45) is 0 Å². The van der Waals surface area contributed by atoms with Crippen LogP contribution in [0.3, 0.4) is 0 Å². The Kier molecular flexibility index (Phi) is 4.71. The lowest BCUT2D eigenvalue weighted by molar-refractivity contribution is 0.390. The highest BCUT2D eigenvalue weighted by Gasteiger charge is 2.08. The molecule has 0 unspecified atom stereocenters. The van der Waals surface area contributed by atoms with Crippen molar-refractivity contribution in [2.45, 2.75) is 31.3 Å². The fourth-order valence-electron chi connectivity index (χ4n) is 1.42. The molecular weight excluding hydrogens is 252 g/mol. The monoisotopic (exact) mass is 268 g/mol. The SMILES string of the molecule is CCNCCn1nnnc1SCc1cc(C)no1. The first kappa shape index (κ1) is 13.0. The summed E-state index contributed by atoms with van der Waals surface area (Å²) in [6, 6.07) is 1.92. The molecule has 2 aromatic rings. The first-order valence-corrected chi connectivity index (χ1v) is 6.80. The Morgan fingerprint density at radius 2 is 2.39 bits per heavy atom. The van der Waals surface area contributed by atoms with Crippen LogP contribution in [0.2, 0.25) is 0 Å². The molecule has 0 atom stereocenters. The number of hydrogen-bond donors (Lipinski definition) is 1. The van der Waals surface area contributed by atoms with Crippen LogP contribution in [0, 0.1) is 6.92 Å². The van der Waals surface area contributed by atoms with Gasteiger partial charge in [0.2, 0.25) is 5.16 Å². The van der Waals surface area contributed by atoms with Crippen LogP contribution in [0.4, 0.5) is 0 Å². The van der Waals surface area contributed by atoms with E-state index in [2.05, 4.69) is 32.9 Å². The van der Waals surface area contributed by atoms with E-state index in [9.17, 15) is 0 Å². The van der Waals surface area contributed by atoms with Gasteiger partial charge < -0.3 is 9.84 Å². The predicted molar refractivity (Wildman–Crippen MR) is 67.2 cm³/mol. The third-order valence-corrected chi connectivity index (χ3v) is 3.25. The second-order valence-corrected chi connectivity index (χ2v) is 4.70. The van der Waals surface area contributed by atoms with Crippen LogP contribution in [0.25, 0.3) is 0 Å². The number of hydrogen-bond acceptors (Lipinski definition) is 7. The molecule has 7 nitrogen and oxygen atoms in total. The molecule has 2 rings (SSSR count). The molecule has 8 heteroatoms. The number of aryl methyl sites for hydroxylation is 1. The van der Waals surface area contributed by atoms with E-state index in [0.717, 1.165) is 36.2 Å². The molecule has 0 aliphatic rings. The number of tetrazole rings is 1. The standard InChI is InChI=1S/C10H16N6OS/c1-3-11-4-5-16-10(12-14-15-16)18-7-9-6-8(2)13-17-9/h6,11H,3-5,7H2,1-2H3. The number of likely N-dealkylation sites (N-methyl/N-ethyl adjacent to an activating group) is 1. The Balaban J connectivity index is 1.87. The number of nitrogens with one attached hydrogen (secondary N) is 1. The van der Waals surface area contributed by atoms with Crippen LogP contribution in [0.15, 0.2) is 15.7 Å². The highest BCUT2D eigenvalue weighted by molar-refractivity contribution is 7.98. The zero-order valence-electron chi connectivity index (χ0n) is 10.5. The summed E-state index contributed by atoms with van der Waals surface area (Å²) in [7, 11) is 0. The Hall–Kier alpha value is -1.41. The molecule has 2 heterocycles. The van der Waals surface area contributed by atoms with Crippen molar-refractivity contribution < 1.29 is 4.52 Å². The maximum Gasteiger partial charge on any atom is 0.209 e. The molecule has 18 heavy (non-hydrogen) atoms. The number of thioether (sulfide) groups is 1. The summed E-state index contributed by atoms with van der Waals surface area (Å²) in [5, 5.41) is 19.5. The summed E-state index contributed by atoms with van der Waals surface area (Å²) in [6.45, 7) is 6.54. The maximum atomic E-state index is 5.14. The summed E-state index contributed by atoms with van der Waals surface area (Å²) in [6.07, 6.45) is 0. The molecule has 0 radical (unpaired) electrons. The van der Waals surface area contributed by atoms with Crippen molar-refractivity contribution in [3.63, 3.8) is 0 Å². The van der Waals surface area contributed by atoms with Crippen LogP contribution < -0.4 is 5.32 Å². The molecule has 0 aromatic carbocycles. The highest BCUT2D eigenvalue weighted by Crippen LogP contribution is 2.19. The first-order valence-electron chi connectivity index (χ1n) is 5.81. The summed E-state index contributed by atoms with van der Waals surface area (Å²) in [5.74, 6) is 1.52. The van der Waals surface area contributed by atoms with Gasteiger partial charge in [0.25, 0.3) is 0 Å². The summed E-state index contributed by atoms with van der Waals surface area (Å²) >= 11 is 1.54. The second-order valence-electron chi connectivity index (χ2n) is 3.76. The lowest BCUT2D eigenvalue weighted by Crippen LogP contribution is -2.20. The average Bonchev–Trinajstić information content (AvgIpc) is 2.96. The molecule has 0 saturated heterocycles. The van der Waals surface area contributed by atoms with E-state index in [4.69, 9.17) is 4.52 Å². The van der Waals surface area contributed by atoms with E-state index in [-0.39, 0.29) is 0 Å². The van der Waals surface area contributed by atoms with E-state index in [1.165, 1.54) is 0 Å². The molecule has 0 amide bonds. The summed E-state index contributed by atoms with van der Waals surface area (Å²) < 4.78 is 6.93. The Morgan fingerprint density at radius 1 is 1.50 bits per heavy atom. The van der Waals surface area contributed by atoms with Crippen molar-refractivity contribution >= 4 is 11.8 Å². The van der Waals surface area contributed by atoms with Crippen LogP contribution in [0.1, 0.15) is 18.4 Å². The van der Waals surface area contributed by atoms with Gasteiger partial charge in [-0.1, -0.05) is 23.8 Å². The smallest absolute Gasteiger partial charge is 0.209 e. The van der Waals surface area contributed by atoms with E-state index in [1.807, 2.05) is 13.0 Å². The fraction of sp³-hybridized carbons (Fsp3) is 0.600. The van der Waals surface area contributed by atoms with Gasteiger partial charge in [-0.3, -0.25) is 0 Å². The van der Waals surface area contributed by atoms with E-state index >= 15 is 0 Å². The van der Waals surface area contributed by atoms with Crippen LogP contribution >= 0.6 is 11.8 Å². The maximum absolute atomic E-state index is 5.14. The van der Waals surface area contributed by atoms with E-state index < -0.39 is 0 Å². The fourth-order valence-corrected chi connectivity index (χ4v) is 2.20. The minimum Gasteiger partial charge on any atom is -0.360 e. The highest BCUT2D eigenvalue weighted by atomic mass is 32.2. The predicted octanol–water partition coefficient (Wildman–Crippen LogP) is 0.871. The largest absolute Gasteiger partial charge is 0.360 e. The molecule has 0 aliphatic heterocycles. The van der Waals surface area contributed by atoms with Crippen molar-refractivity contribution in [1.82, 2.24) is 30.7 Å². The minimum absolute atomic E-state index is 0.683. The Morgan fingerprint density at radius 3 is 3.11 bits per heavy atom. The van der Waals surface area contributed by atoms with E-state index in [1.54, 1.807) is 16.4 Å². The number of aromatic nitrogens is 5. The molecule has 0 fully saturated rings. The Bertz CT molecular complexity index is 482. The van der Waals surface area contributed by atoms with Gasteiger partial charge in [0.15, 0.2) is 0 Å². The van der Waals surface area contributed by atoms with E-state index in [0.29, 0.717) is 5.75 Å². The molecule has 0 bridgehead atoms. The molecular formula is C10H16N6OS. The summed E-state index contributed by atoms with van der Waals surface area (Å²) in [4.78, 5) is 0. The topological polar surface area (TPSA) is 81.7 Å². The lowest BCUT2D eigenvalue weighted by atomic mass is 10.4. The first-order chi connectivity index (χ1) is 8.79. The summed E-state index contributed by atoms with van der Waals surface area (Å²) in [5.41, 5.74) is 0.886. The molecule has 2 aromatic heterocycles. The molecule has 0 spiro atoms. The van der Waals surface area contributed by atoms with Gasteiger partial charge in [-0.15, -0.1) is 5.10 Å². The zero-order valence-corrected chi connectivity index (χ0v) is 11.3. The van der Waals surface area contributed by atoms with Crippen LogP contribution in [-0.4, -0.2) is 38.5 Å². The molecule has 1 N–H and O–H groups in total. The van der Waals surface area contributed by atoms with Gasteiger partial charge in [-0.25, -0.2) is 4.68 Å². The van der Waals surface area contributed by atoms with Crippen molar-refractivity contribution in [2.75, 3.05) is 13.1 Å². The van der Waals surface area contributed by atoms with Crippen molar-refractivity contribution in [1.29, 1.82) is 0 Å². The van der Waals surface area contributed by atoms with Crippen molar-refractivity contribution in [3.05, 3.63) is 17.5 Å². The third kappa shape index (κ3) is 3.54. The third-order valence-electron chi connectivity index (χ3n) is 2.27. The quantitative estimate of drug-likeness (QED) is 0.589. The van der Waals surface area contributed by atoms with Crippen LogP contribution in [0.5, 0.6) is 0 Å². The number of rotatable bonds is 7. The van der Waals surface area contributed by atoms with Gasteiger partial charge in [0, 0.05) is 12.6 Å². The second kappa shape index (κ2) is 6.50. The molecule has 98 valence electrons. The van der Waals surface area contributed by atoms with Crippen molar-refractivity contribution in [3.8, 4) is 0 Å². The van der Waals surface area contributed by atoms with Gasteiger partial charge >= 0.3 is 0 Å². The zero-order chi connectivity index (χ0) is 12.8. The normalized spacial score (nSPS) is 11.0. The van der Waals surface area contributed by atoms with Gasteiger partial charge in [0.05, 0.1) is 18.0 Å². The Labute approximate surface area is 109 Å². The van der Waals surface area contributed by atoms with Gasteiger partial charge in [0.1, 0.15) is 5.76 Å². The van der Waals surface area contributed by atoms with Gasteiger partial charge in [-0.05, 0) is 23.9 Å². The van der Waals surface area contributed by atoms with Crippen LogP contribution in [-0.2, 0) is 12.3 Å². The molecule has 0 aliphatic carbocycles.